The average molecular weight is 352 g/mol. The number of hydrogen-bond acceptors (Lipinski definition) is 3. The molecule has 0 spiro atoms. The zero-order valence-corrected chi connectivity index (χ0v) is 14.4. The summed E-state index contributed by atoms with van der Waals surface area (Å²) < 4.78 is 0. The van der Waals surface area contributed by atoms with Gasteiger partial charge in [0.1, 0.15) is 0 Å². The van der Waals surface area contributed by atoms with Crippen LogP contribution in [0.5, 0.6) is 0 Å². The number of anilines is 1. The summed E-state index contributed by atoms with van der Waals surface area (Å²) in [5, 5.41) is 11.7. The van der Waals surface area contributed by atoms with E-state index < -0.39 is 11.9 Å². The summed E-state index contributed by atoms with van der Waals surface area (Å²) >= 11 is 0. The van der Waals surface area contributed by atoms with E-state index in [0.717, 1.165) is 5.56 Å². The molecule has 1 aliphatic rings. The van der Waals surface area contributed by atoms with Crippen LogP contribution >= 0.6 is 0 Å². The monoisotopic (exact) mass is 352 g/mol. The number of hydrogen-bond donors (Lipinski definition) is 2. The van der Waals surface area contributed by atoms with Crippen LogP contribution in [0.25, 0.3) is 0 Å². The van der Waals surface area contributed by atoms with Crippen LogP contribution in [0.2, 0.25) is 0 Å². The molecular weight excluding hydrogens is 332 g/mol. The molecule has 26 heavy (non-hydrogen) atoms. The molecule has 1 saturated heterocycles. The second-order valence-corrected chi connectivity index (χ2v) is 6.41. The molecule has 1 aliphatic heterocycles. The molecule has 2 aromatic carbocycles. The number of benzene rings is 2. The van der Waals surface area contributed by atoms with Gasteiger partial charge in [-0.25, -0.2) is 4.79 Å². The van der Waals surface area contributed by atoms with E-state index in [-0.39, 0.29) is 29.8 Å². The average Bonchev–Trinajstić information content (AvgIpc) is 3.04. The topological polar surface area (TPSA) is 86.7 Å². The van der Waals surface area contributed by atoms with Crippen LogP contribution in [-0.2, 0) is 9.59 Å². The lowest BCUT2D eigenvalue weighted by Crippen LogP contribution is -2.30. The summed E-state index contributed by atoms with van der Waals surface area (Å²) in [6, 6.07) is 15.6. The Balaban J connectivity index is 1.64. The van der Waals surface area contributed by atoms with Crippen molar-refractivity contribution in [3.8, 4) is 0 Å². The van der Waals surface area contributed by atoms with E-state index in [9.17, 15) is 14.4 Å². The number of carbonyl (C=O) groups excluding carboxylic acids is 2. The Bertz CT molecular complexity index is 817. The van der Waals surface area contributed by atoms with Crippen molar-refractivity contribution in [1.29, 1.82) is 0 Å². The van der Waals surface area contributed by atoms with Crippen LogP contribution in [-0.4, -0.2) is 34.3 Å². The molecule has 6 nitrogen and oxygen atoms in total. The summed E-state index contributed by atoms with van der Waals surface area (Å²) in [5.41, 5.74) is 1.70. The third kappa shape index (κ3) is 3.74. The molecule has 0 radical (unpaired) electrons. The van der Waals surface area contributed by atoms with E-state index in [1.807, 2.05) is 37.3 Å². The maximum Gasteiger partial charge on any atom is 0.335 e. The maximum atomic E-state index is 12.5. The zero-order valence-electron chi connectivity index (χ0n) is 14.4. The predicted octanol–water partition coefficient (Wildman–Crippen LogP) is 2.93. The van der Waals surface area contributed by atoms with Gasteiger partial charge in [0.15, 0.2) is 0 Å². The smallest absolute Gasteiger partial charge is 0.335 e. The molecule has 1 heterocycles. The molecule has 2 amide bonds. The van der Waals surface area contributed by atoms with Gasteiger partial charge in [0.05, 0.1) is 17.5 Å². The zero-order chi connectivity index (χ0) is 18.7. The number of aromatic carboxylic acids is 1. The Labute approximate surface area is 151 Å². The number of nitrogens with one attached hydrogen (secondary N) is 1. The summed E-state index contributed by atoms with van der Waals surface area (Å²) in [5.74, 6) is -1.71. The van der Waals surface area contributed by atoms with Crippen molar-refractivity contribution in [3.63, 3.8) is 0 Å². The standard InChI is InChI=1S/C20H20N2O4/c1-13(14-5-3-2-4-6-14)22-12-16(11-18(22)23)19(24)21-17-9-7-15(8-10-17)20(25)26/h2-10,13,16H,11-12H2,1H3,(H,21,24)(H,25,26)/t13-,16-/m1/s1. The Hall–Kier alpha value is -3.15. The lowest BCUT2D eigenvalue weighted by atomic mass is 10.1. The van der Waals surface area contributed by atoms with Crippen LogP contribution in [0.3, 0.4) is 0 Å². The molecule has 3 rings (SSSR count). The fourth-order valence-corrected chi connectivity index (χ4v) is 3.13. The summed E-state index contributed by atoms with van der Waals surface area (Å²) in [4.78, 5) is 37.4. The van der Waals surface area contributed by atoms with Crippen molar-refractivity contribution in [3.05, 3.63) is 65.7 Å². The first-order chi connectivity index (χ1) is 12.5. The minimum absolute atomic E-state index is 0.0391. The molecule has 0 saturated carbocycles. The molecule has 0 aromatic heterocycles. The minimum atomic E-state index is -1.02. The van der Waals surface area contributed by atoms with Crippen LogP contribution in [0.4, 0.5) is 5.69 Å². The maximum absolute atomic E-state index is 12.5. The third-order valence-electron chi connectivity index (χ3n) is 4.68. The second-order valence-electron chi connectivity index (χ2n) is 6.41. The minimum Gasteiger partial charge on any atom is -0.478 e. The highest BCUT2D eigenvalue weighted by Crippen LogP contribution is 2.29. The van der Waals surface area contributed by atoms with E-state index in [4.69, 9.17) is 5.11 Å². The van der Waals surface area contributed by atoms with Gasteiger partial charge in [-0.2, -0.15) is 0 Å². The van der Waals surface area contributed by atoms with Crippen LogP contribution in [0.15, 0.2) is 54.6 Å². The Morgan fingerprint density at radius 1 is 1.12 bits per heavy atom. The Morgan fingerprint density at radius 3 is 2.38 bits per heavy atom. The molecule has 2 atom stereocenters. The number of carboxylic acids is 1. The van der Waals surface area contributed by atoms with Gasteiger partial charge in [0, 0.05) is 18.7 Å². The molecule has 0 unspecified atom stereocenters. The van der Waals surface area contributed by atoms with E-state index >= 15 is 0 Å². The first kappa shape index (κ1) is 17.7. The lowest BCUT2D eigenvalue weighted by Gasteiger charge is -2.25. The molecule has 0 aliphatic carbocycles. The van der Waals surface area contributed by atoms with E-state index in [1.54, 1.807) is 17.0 Å². The molecule has 134 valence electrons. The van der Waals surface area contributed by atoms with Crippen molar-refractivity contribution < 1.29 is 19.5 Å². The lowest BCUT2D eigenvalue weighted by molar-refractivity contribution is -0.129. The van der Waals surface area contributed by atoms with E-state index in [0.29, 0.717) is 12.2 Å². The number of amides is 2. The SMILES string of the molecule is C[C@H](c1ccccc1)N1C[C@H](C(=O)Nc2ccc(C(=O)O)cc2)CC1=O. The van der Waals surface area contributed by atoms with Gasteiger partial charge in [0.2, 0.25) is 11.8 Å². The van der Waals surface area contributed by atoms with Gasteiger partial charge in [0.25, 0.3) is 0 Å². The largest absolute Gasteiger partial charge is 0.478 e. The van der Waals surface area contributed by atoms with Crippen LogP contribution in [0, 0.1) is 5.92 Å². The highest BCUT2D eigenvalue weighted by atomic mass is 16.4. The Morgan fingerprint density at radius 2 is 1.77 bits per heavy atom. The van der Waals surface area contributed by atoms with Crippen molar-refractivity contribution in [2.45, 2.75) is 19.4 Å². The van der Waals surface area contributed by atoms with E-state index in [1.165, 1.54) is 12.1 Å². The number of carboxylic acid groups (broad SMARTS) is 1. The van der Waals surface area contributed by atoms with Crippen molar-refractivity contribution in [1.82, 2.24) is 4.90 Å². The predicted molar refractivity (Wildman–Crippen MR) is 96.7 cm³/mol. The summed E-state index contributed by atoms with van der Waals surface area (Å²) in [7, 11) is 0. The summed E-state index contributed by atoms with van der Waals surface area (Å²) in [6.45, 7) is 2.33. The van der Waals surface area contributed by atoms with Gasteiger partial charge >= 0.3 is 5.97 Å². The number of carbonyl (C=O) groups is 3. The highest BCUT2D eigenvalue weighted by Gasteiger charge is 2.37. The van der Waals surface area contributed by atoms with Crippen molar-refractivity contribution >= 4 is 23.5 Å². The normalized spacial score (nSPS) is 17.8. The highest BCUT2D eigenvalue weighted by molar-refractivity contribution is 5.97. The first-order valence-corrected chi connectivity index (χ1v) is 8.44. The Kier molecular flexibility index (Phi) is 5.02. The van der Waals surface area contributed by atoms with Crippen LogP contribution < -0.4 is 5.32 Å². The number of rotatable bonds is 5. The number of nitrogens with zero attached hydrogens (tertiary/aromatic N) is 1. The van der Waals surface area contributed by atoms with Crippen molar-refractivity contribution in [2.75, 3.05) is 11.9 Å². The quantitative estimate of drug-likeness (QED) is 0.866. The van der Waals surface area contributed by atoms with E-state index in [2.05, 4.69) is 5.32 Å². The molecule has 2 aromatic rings. The van der Waals surface area contributed by atoms with Gasteiger partial charge < -0.3 is 15.3 Å². The molecule has 1 fully saturated rings. The molecule has 0 bridgehead atoms. The van der Waals surface area contributed by atoms with Gasteiger partial charge in [-0.15, -0.1) is 0 Å². The van der Waals surface area contributed by atoms with Gasteiger partial charge in [-0.3, -0.25) is 9.59 Å². The first-order valence-electron chi connectivity index (χ1n) is 8.44. The molecular formula is C20H20N2O4. The summed E-state index contributed by atoms with van der Waals surface area (Å²) in [6.07, 6.45) is 0.177. The van der Waals surface area contributed by atoms with Gasteiger partial charge in [-0.1, -0.05) is 30.3 Å². The fraction of sp³-hybridized carbons (Fsp3) is 0.250. The van der Waals surface area contributed by atoms with Crippen LogP contribution in [0.1, 0.15) is 35.3 Å². The fourth-order valence-electron chi connectivity index (χ4n) is 3.13. The third-order valence-corrected chi connectivity index (χ3v) is 4.68. The van der Waals surface area contributed by atoms with Crippen molar-refractivity contribution in [2.24, 2.45) is 5.92 Å². The molecule has 2 N–H and O–H groups in total. The second kappa shape index (κ2) is 7.39. The van der Waals surface area contributed by atoms with Gasteiger partial charge in [-0.05, 0) is 36.8 Å². The molecule has 6 heteroatoms. The number of likely N-dealkylation sites (tertiary alicyclic amines) is 1.